The molecule has 1 aromatic rings. The van der Waals surface area contributed by atoms with Crippen molar-refractivity contribution in [3.63, 3.8) is 0 Å². The predicted octanol–water partition coefficient (Wildman–Crippen LogP) is 2.47. The SMILES string of the molecule is CC(C)c1cnc(CN2CC(C)C(N)C2)s1.Cl. The lowest BCUT2D eigenvalue weighted by atomic mass is 10.1. The summed E-state index contributed by atoms with van der Waals surface area (Å²) in [4.78, 5) is 8.28. The summed E-state index contributed by atoms with van der Waals surface area (Å²) in [6, 6.07) is 0.338. The van der Waals surface area contributed by atoms with E-state index in [-0.39, 0.29) is 12.4 Å². The molecule has 0 aromatic carbocycles. The quantitative estimate of drug-likeness (QED) is 0.922. The monoisotopic (exact) mass is 275 g/mol. The minimum atomic E-state index is 0. The van der Waals surface area contributed by atoms with Crippen LogP contribution in [-0.2, 0) is 6.54 Å². The molecule has 1 aliphatic rings. The average Bonchev–Trinajstić information content (AvgIpc) is 2.76. The van der Waals surface area contributed by atoms with E-state index in [1.165, 1.54) is 9.88 Å². The summed E-state index contributed by atoms with van der Waals surface area (Å²) in [6.45, 7) is 9.74. The Morgan fingerprint density at radius 2 is 2.24 bits per heavy atom. The lowest BCUT2D eigenvalue weighted by Gasteiger charge is -2.12. The van der Waals surface area contributed by atoms with E-state index in [2.05, 4.69) is 30.7 Å². The molecule has 0 aliphatic carbocycles. The van der Waals surface area contributed by atoms with E-state index in [0.29, 0.717) is 17.9 Å². The Balaban J connectivity index is 0.00000144. The van der Waals surface area contributed by atoms with Gasteiger partial charge in [0.25, 0.3) is 0 Å². The van der Waals surface area contributed by atoms with Crippen molar-refractivity contribution in [2.75, 3.05) is 13.1 Å². The van der Waals surface area contributed by atoms with Gasteiger partial charge in [-0.3, -0.25) is 4.90 Å². The molecule has 98 valence electrons. The van der Waals surface area contributed by atoms with E-state index in [0.717, 1.165) is 19.6 Å². The summed E-state index contributed by atoms with van der Waals surface area (Å²) in [7, 11) is 0. The molecule has 2 atom stereocenters. The van der Waals surface area contributed by atoms with Crippen LogP contribution in [0.5, 0.6) is 0 Å². The van der Waals surface area contributed by atoms with Gasteiger partial charge in [-0.25, -0.2) is 4.98 Å². The maximum atomic E-state index is 6.02. The van der Waals surface area contributed by atoms with Gasteiger partial charge in [0.1, 0.15) is 5.01 Å². The number of rotatable bonds is 3. The van der Waals surface area contributed by atoms with E-state index < -0.39 is 0 Å². The topological polar surface area (TPSA) is 42.2 Å². The molecule has 1 saturated heterocycles. The highest BCUT2D eigenvalue weighted by Gasteiger charge is 2.26. The zero-order valence-electron chi connectivity index (χ0n) is 10.7. The molecule has 3 nitrogen and oxygen atoms in total. The smallest absolute Gasteiger partial charge is 0.107 e. The minimum Gasteiger partial charge on any atom is -0.326 e. The Bertz CT molecular complexity index is 343. The van der Waals surface area contributed by atoms with Crippen molar-refractivity contribution < 1.29 is 0 Å². The average molecular weight is 276 g/mol. The third-order valence-electron chi connectivity index (χ3n) is 3.25. The molecule has 0 bridgehead atoms. The van der Waals surface area contributed by atoms with Crippen LogP contribution in [0, 0.1) is 5.92 Å². The highest BCUT2D eigenvalue weighted by atomic mass is 35.5. The van der Waals surface area contributed by atoms with Gasteiger partial charge in [-0.1, -0.05) is 20.8 Å². The van der Waals surface area contributed by atoms with Gasteiger partial charge in [-0.05, 0) is 11.8 Å². The van der Waals surface area contributed by atoms with Crippen LogP contribution in [0.15, 0.2) is 6.20 Å². The standard InChI is InChI=1S/C12H21N3S.ClH/c1-8(2)11-4-14-12(16-11)7-15-5-9(3)10(13)6-15;/h4,8-10H,5-7,13H2,1-3H3;1H. The lowest BCUT2D eigenvalue weighted by molar-refractivity contribution is 0.318. The zero-order chi connectivity index (χ0) is 11.7. The second-order valence-corrected chi connectivity index (χ2v) is 6.29. The number of likely N-dealkylation sites (tertiary alicyclic amines) is 1. The number of hydrogen-bond donors (Lipinski definition) is 1. The van der Waals surface area contributed by atoms with Gasteiger partial charge in [-0.15, -0.1) is 23.7 Å². The first-order chi connectivity index (χ1) is 7.56. The zero-order valence-corrected chi connectivity index (χ0v) is 12.4. The largest absolute Gasteiger partial charge is 0.326 e. The van der Waals surface area contributed by atoms with E-state index in [1.807, 2.05) is 17.5 Å². The van der Waals surface area contributed by atoms with Gasteiger partial charge in [0.2, 0.25) is 0 Å². The molecule has 2 heterocycles. The van der Waals surface area contributed by atoms with Gasteiger partial charge in [-0.2, -0.15) is 0 Å². The summed E-state index contributed by atoms with van der Waals surface area (Å²) >= 11 is 1.84. The molecule has 5 heteroatoms. The van der Waals surface area contributed by atoms with E-state index >= 15 is 0 Å². The van der Waals surface area contributed by atoms with Gasteiger partial charge in [0, 0.05) is 30.2 Å². The van der Waals surface area contributed by atoms with Crippen LogP contribution in [0.3, 0.4) is 0 Å². The van der Waals surface area contributed by atoms with Crippen LogP contribution in [-0.4, -0.2) is 29.0 Å². The van der Waals surface area contributed by atoms with Crippen molar-refractivity contribution in [3.8, 4) is 0 Å². The van der Waals surface area contributed by atoms with Crippen molar-refractivity contribution in [1.82, 2.24) is 9.88 Å². The second-order valence-electron chi connectivity index (χ2n) is 5.15. The third kappa shape index (κ3) is 3.65. The fourth-order valence-corrected chi connectivity index (χ4v) is 3.05. The first kappa shape index (κ1) is 14.9. The summed E-state index contributed by atoms with van der Waals surface area (Å²) in [6.07, 6.45) is 2.02. The molecule has 1 aliphatic heterocycles. The van der Waals surface area contributed by atoms with E-state index in [1.54, 1.807) is 0 Å². The van der Waals surface area contributed by atoms with Crippen LogP contribution < -0.4 is 5.73 Å². The molecule has 1 fully saturated rings. The predicted molar refractivity (Wildman–Crippen MR) is 75.9 cm³/mol. The van der Waals surface area contributed by atoms with Crippen LogP contribution in [0.2, 0.25) is 0 Å². The number of aromatic nitrogens is 1. The fraction of sp³-hybridized carbons (Fsp3) is 0.750. The summed E-state index contributed by atoms with van der Waals surface area (Å²) in [5.41, 5.74) is 6.02. The van der Waals surface area contributed by atoms with Crippen molar-refractivity contribution in [3.05, 3.63) is 16.1 Å². The molecule has 2 rings (SSSR count). The highest BCUT2D eigenvalue weighted by Crippen LogP contribution is 2.24. The van der Waals surface area contributed by atoms with Gasteiger partial charge < -0.3 is 5.73 Å². The van der Waals surface area contributed by atoms with E-state index in [4.69, 9.17) is 5.73 Å². The van der Waals surface area contributed by atoms with Crippen LogP contribution in [0.1, 0.15) is 36.6 Å². The number of hydrogen-bond acceptors (Lipinski definition) is 4. The molecule has 0 amide bonds. The normalized spacial score (nSPS) is 25.2. The van der Waals surface area contributed by atoms with Gasteiger partial charge in [0.05, 0.1) is 6.54 Å². The highest BCUT2D eigenvalue weighted by molar-refractivity contribution is 7.11. The molecule has 17 heavy (non-hydrogen) atoms. The van der Waals surface area contributed by atoms with Gasteiger partial charge >= 0.3 is 0 Å². The summed E-state index contributed by atoms with van der Waals surface area (Å²) in [5.74, 6) is 1.20. The van der Waals surface area contributed by atoms with Crippen molar-refractivity contribution in [2.24, 2.45) is 11.7 Å². The summed E-state index contributed by atoms with van der Waals surface area (Å²) in [5, 5.41) is 1.23. The van der Waals surface area contributed by atoms with Crippen LogP contribution >= 0.6 is 23.7 Å². The molecule has 2 N–H and O–H groups in total. The molecule has 1 aromatic heterocycles. The summed E-state index contributed by atoms with van der Waals surface area (Å²) < 4.78 is 0. The molecular formula is C12H22ClN3S. The second kappa shape index (κ2) is 6.14. The number of nitrogens with zero attached hydrogens (tertiary/aromatic N) is 2. The number of thiazole rings is 1. The molecule has 0 radical (unpaired) electrons. The number of halogens is 1. The molecule has 2 unspecified atom stereocenters. The van der Waals surface area contributed by atoms with E-state index in [9.17, 15) is 0 Å². The Kier molecular flexibility index (Phi) is 5.38. The van der Waals surface area contributed by atoms with Crippen molar-refractivity contribution in [2.45, 2.75) is 39.3 Å². The van der Waals surface area contributed by atoms with Gasteiger partial charge in [0.15, 0.2) is 0 Å². The first-order valence-electron chi connectivity index (χ1n) is 5.98. The van der Waals surface area contributed by atoms with Crippen LogP contribution in [0.4, 0.5) is 0 Å². The molecule has 0 spiro atoms. The van der Waals surface area contributed by atoms with Crippen molar-refractivity contribution >= 4 is 23.7 Å². The molecule has 0 saturated carbocycles. The van der Waals surface area contributed by atoms with Crippen molar-refractivity contribution in [1.29, 1.82) is 0 Å². The molecular weight excluding hydrogens is 254 g/mol. The lowest BCUT2D eigenvalue weighted by Crippen LogP contribution is -2.28. The Labute approximate surface area is 114 Å². The Morgan fingerprint density at radius 1 is 1.53 bits per heavy atom. The Hall–Kier alpha value is -0.160. The maximum absolute atomic E-state index is 6.02. The number of nitrogens with two attached hydrogens (primary N) is 1. The Morgan fingerprint density at radius 3 is 2.71 bits per heavy atom. The fourth-order valence-electron chi connectivity index (χ4n) is 2.08. The third-order valence-corrected chi connectivity index (χ3v) is 4.53. The first-order valence-corrected chi connectivity index (χ1v) is 6.80. The minimum absolute atomic E-state index is 0. The maximum Gasteiger partial charge on any atom is 0.107 e. The van der Waals surface area contributed by atoms with Crippen LogP contribution in [0.25, 0.3) is 0 Å².